The van der Waals surface area contributed by atoms with E-state index in [1.165, 1.54) is 19.2 Å². The zero-order chi connectivity index (χ0) is 15.4. The van der Waals surface area contributed by atoms with Gasteiger partial charge in [0.15, 0.2) is 0 Å². The number of carbonyl (C=O) groups excluding carboxylic acids is 1. The number of hydrogen-bond donors (Lipinski definition) is 1. The minimum absolute atomic E-state index is 0.105. The summed E-state index contributed by atoms with van der Waals surface area (Å²) in [6, 6.07) is 9.62. The van der Waals surface area contributed by atoms with Gasteiger partial charge in [0.05, 0.1) is 12.7 Å². The van der Waals surface area contributed by atoms with Crippen LogP contribution in [-0.4, -0.2) is 18.0 Å². The molecule has 0 aliphatic rings. The number of benzene rings is 1. The van der Waals surface area contributed by atoms with Crippen LogP contribution in [0.1, 0.15) is 15.9 Å². The monoisotopic (exact) mass is 321 g/mol. The van der Waals surface area contributed by atoms with Crippen molar-refractivity contribution < 1.29 is 9.53 Å². The number of para-hydroxylation sites is 1. The fourth-order valence-electron chi connectivity index (χ4n) is 1.71. The summed E-state index contributed by atoms with van der Waals surface area (Å²) in [7, 11) is 1.45. The number of hydrogen-bond acceptors (Lipinski definition) is 4. The minimum Gasteiger partial charge on any atom is -0.495 e. The molecule has 0 aliphatic heterocycles. The standard InChI is InChI=1S/C14H9Cl2N3O2/c1-21-10-4-2-3-8(7-17)13(10)19-14(20)9-5-11(15)18-12(16)6-9/h2-6H,1H3,(H,19,20). The number of carbonyl (C=O) groups is 1. The summed E-state index contributed by atoms with van der Waals surface area (Å²) in [5, 5.41) is 11.9. The van der Waals surface area contributed by atoms with E-state index < -0.39 is 5.91 Å². The third-order valence-corrected chi connectivity index (χ3v) is 3.02. The summed E-state index contributed by atoms with van der Waals surface area (Å²) < 4.78 is 5.14. The van der Waals surface area contributed by atoms with Gasteiger partial charge in [0.25, 0.3) is 5.91 Å². The number of nitrogens with one attached hydrogen (secondary N) is 1. The van der Waals surface area contributed by atoms with Gasteiger partial charge in [-0.2, -0.15) is 5.26 Å². The van der Waals surface area contributed by atoms with Crippen LogP contribution < -0.4 is 10.1 Å². The molecule has 0 fully saturated rings. The van der Waals surface area contributed by atoms with Crippen LogP contribution in [0.25, 0.3) is 0 Å². The molecule has 0 unspecified atom stereocenters. The summed E-state index contributed by atoms with van der Waals surface area (Å²) in [6.45, 7) is 0. The Morgan fingerprint density at radius 3 is 2.57 bits per heavy atom. The molecule has 1 aromatic heterocycles. The average molecular weight is 322 g/mol. The van der Waals surface area contributed by atoms with Gasteiger partial charge in [-0.3, -0.25) is 4.79 Å². The van der Waals surface area contributed by atoms with Crippen molar-refractivity contribution in [2.45, 2.75) is 0 Å². The first kappa shape index (κ1) is 15.1. The lowest BCUT2D eigenvalue weighted by molar-refractivity contribution is 0.102. The maximum absolute atomic E-state index is 12.2. The molecule has 5 nitrogen and oxygen atoms in total. The first-order chi connectivity index (χ1) is 10.0. The number of ether oxygens (including phenoxy) is 1. The molecule has 106 valence electrons. The Bertz CT molecular complexity index is 721. The predicted molar refractivity (Wildman–Crippen MR) is 79.9 cm³/mol. The molecule has 0 saturated heterocycles. The summed E-state index contributed by atoms with van der Waals surface area (Å²) in [4.78, 5) is 16.0. The number of pyridine rings is 1. The molecule has 2 aromatic rings. The number of nitrogens with zero attached hydrogens (tertiary/aromatic N) is 2. The van der Waals surface area contributed by atoms with Crippen molar-refractivity contribution in [1.82, 2.24) is 4.98 Å². The molecule has 7 heteroatoms. The van der Waals surface area contributed by atoms with Gasteiger partial charge in [-0.25, -0.2) is 4.98 Å². The van der Waals surface area contributed by atoms with Crippen LogP contribution in [0, 0.1) is 11.3 Å². The fraction of sp³-hybridized carbons (Fsp3) is 0.0714. The molecule has 0 radical (unpaired) electrons. The van der Waals surface area contributed by atoms with Gasteiger partial charge < -0.3 is 10.1 Å². The average Bonchev–Trinajstić information content (AvgIpc) is 2.46. The second kappa shape index (κ2) is 6.44. The molecule has 0 atom stereocenters. The molecule has 2 rings (SSSR count). The van der Waals surface area contributed by atoms with Crippen LogP contribution in [0.4, 0.5) is 5.69 Å². The van der Waals surface area contributed by atoms with E-state index in [9.17, 15) is 4.79 Å². The lowest BCUT2D eigenvalue weighted by Gasteiger charge is -2.11. The Balaban J connectivity index is 2.38. The molecule has 1 heterocycles. The molecule has 0 aliphatic carbocycles. The third kappa shape index (κ3) is 3.43. The van der Waals surface area contributed by atoms with Crippen LogP contribution in [0.5, 0.6) is 5.75 Å². The van der Waals surface area contributed by atoms with E-state index in [-0.39, 0.29) is 27.1 Å². The van der Waals surface area contributed by atoms with Crippen molar-refractivity contribution in [2.24, 2.45) is 0 Å². The maximum atomic E-state index is 12.2. The summed E-state index contributed by atoms with van der Waals surface area (Å²) in [6.07, 6.45) is 0. The summed E-state index contributed by atoms with van der Waals surface area (Å²) in [5.41, 5.74) is 0.806. The highest BCUT2D eigenvalue weighted by atomic mass is 35.5. The van der Waals surface area contributed by atoms with Crippen LogP contribution in [0.2, 0.25) is 10.3 Å². The Morgan fingerprint density at radius 2 is 2.00 bits per heavy atom. The van der Waals surface area contributed by atoms with Gasteiger partial charge in [0.2, 0.25) is 0 Å². The highest BCUT2D eigenvalue weighted by Gasteiger charge is 2.15. The van der Waals surface area contributed by atoms with E-state index in [1.54, 1.807) is 18.2 Å². The lowest BCUT2D eigenvalue weighted by atomic mass is 10.1. The van der Waals surface area contributed by atoms with Crippen LogP contribution >= 0.6 is 23.2 Å². The van der Waals surface area contributed by atoms with Crippen LogP contribution in [-0.2, 0) is 0 Å². The van der Waals surface area contributed by atoms with Gasteiger partial charge in [0.1, 0.15) is 27.8 Å². The van der Waals surface area contributed by atoms with Crippen molar-refractivity contribution >= 4 is 34.8 Å². The molecule has 1 N–H and O–H groups in total. The van der Waals surface area contributed by atoms with Gasteiger partial charge in [0, 0.05) is 5.56 Å². The molecule has 0 saturated carbocycles. The van der Waals surface area contributed by atoms with Crippen LogP contribution in [0.15, 0.2) is 30.3 Å². The molecular formula is C14H9Cl2N3O2. The summed E-state index contributed by atoms with van der Waals surface area (Å²) in [5.74, 6) is -0.0872. The Labute approximate surface area is 131 Å². The fourth-order valence-corrected chi connectivity index (χ4v) is 2.17. The van der Waals surface area contributed by atoms with Crippen molar-refractivity contribution in [2.75, 3.05) is 12.4 Å². The van der Waals surface area contributed by atoms with Crippen LogP contribution in [0.3, 0.4) is 0 Å². The smallest absolute Gasteiger partial charge is 0.256 e. The van der Waals surface area contributed by atoms with Crippen molar-refractivity contribution in [3.63, 3.8) is 0 Å². The highest BCUT2D eigenvalue weighted by molar-refractivity contribution is 6.33. The van der Waals surface area contributed by atoms with E-state index in [2.05, 4.69) is 10.3 Å². The number of halogens is 2. The largest absolute Gasteiger partial charge is 0.495 e. The van der Waals surface area contributed by atoms with E-state index in [4.69, 9.17) is 33.2 Å². The minimum atomic E-state index is -0.470. The lowest BCUT2D eigenvalue weighted by Crippen LogP contribution is -2.14. The Hall–Kier alpha value is -2.29. The molecular weight excluding hydrogens is 313 g/mol. The van der Waals surface area contributed by atoms with Gasteiger partial charge >= 0.3 is 0 Å². The number of rotatable bonds is 3. The second-order valence-corrected chi connectivity index (χ2v) is 4.72. The van der Waals surface area contributed by atoms with Crippen molar-refractivity contribution in [3.8, 4) is 11.8 Å². The Kier molecular flexibility index (Phi) is 4.63. The van der Waals surface area contributed by atoms with Gasteiger partial charge in [-0.05, 0) is 24.3 Å². The predicted octanol–water partition coefficient (Wildman–Crippen LogP) is 3.52. The number of anilines is 1. The molecule has 1 aromatic carbocycles. The van der Waals surface area contributed by atoms with E-state index >= 15 is 0 Å². The molecule has 1 amide bonds. The molecule has 0 bridgehead atoms. The van der Waals surface area contributed by atoms with Gasteiger partial charge in [-0.15, -0.1) is 0 Å². The first-order valence-electron chi connectivity index (χ1n) is 5.76. The number of amides is 1. The maximum Gasteiger partial charge on any atom is 0.256 e. The normalized spacial score (nSPS) is 9.81. The third-order valence-electron chi connectivity index (χ3n) is 2.63. The Morgan fingerprint density at radius 1 is 1.33 bits per heavy atom. The quantitative estimate of drug-likeness (QED) is 0.877. The van der Waals surface area contributed by atoms with E-state index in [0.717, 1.165) is 0 Å². The number of nitriles is 1. The van der Waals surface area contributed by atoms with E-state index in [0.29, 0.717) is 5.75 Å². The summed E-state index contributed by atoms with van der Waals surface area (Å²) >= 11 is 11.5. The number of aromatic nitrogens is 1. The first-order valence-corrected chi connectivity index (χ1v) is 6.52. The number of methoxy groups -OCH3 is 1. The topological polar surface area (TPSA) is 75.0 Å². The molecule has 0 spiro atoms. The van der Waals surface area contributed by atoms with E-state index in [1.807, 2.05) is 6.07 Å². The molecule has 21 heavy (non-hydrogen) atoms. The van der Waals surface area contributed by atoms with Gasteiger partial charge in [-0.1, -0.05) is 29.3 Å². The SMILES string of the molecule is COc1cccc(C#N)c1NC(=O)c1cc(Cl)nc(Cl)c1. The van der Waals surface area contributed by atoms with Crippen molar-refractivity contribution in [3.05, 3.63) is 51.8 Å². The second-order valence-electron chi connectivity index (χ2n) is 3.95. The zero-order valence-electron chi connectivity index (χ0n) is 10.9. The highest BCUT2D eigenvalue weighted by Crippen LogP contribution is 2.28. The van der Waals surface area contributed by atoms with Crippen molar-refractivity contribution in [1.29, 1.82) is 5.26 Å². The zero-order valence-corrected chi connectivity index (χ0v) is 12.4.